The van der Waals surface area contributed by atoms with Gasteiger partial charge in [0.05, 0.1) is 0 Å². The standard InChI is InChI=1S/C4H3IN2O3/c5-1-2(8)6-4(10)7-3(1)9/h1H,(H2,6,7,8,9,10). The lowest BCUT2D eigenvalue weighted by Gasteiger charge is -2.14. The van der Waals surface area contributed by atoms with Crippen LogP contribution in [-0.4, -0.2) is 21.8 Å². The number of barbiturate groups is 1. The van der Waals surface area contributed by atoms with Crippen LogP contribution in [0.25, 0.3) is 0 Å². The fraction of sp³-hybridized carbons (Fsp3) is 0.250. The zero-order chi connectivity index (χ0) is 7.72. The Morgan fingerprint density at radius 2 is 1.50 bits per heavy atom. The van der Waals surface area contributed by atoms with Crippen molar-refractivity contribution in [3.63, 3.8) is 0 Å². The summed E-state index contributed by atoms with van der Waals surface area (Å²) in [5.74, 6) is -1.12. The van der Waals surface area contributed by atoms with Crippen molar-refractivity contribution in [2.45, 2.75) is 3.92 Å². The number of alkyl halides is 1. The number of carbonyl (C=O) groups is 3. The first kappa shape index (κ1) is 7.45. The molecular weight excluding hydrogens is 251 g/mol. The molecule has 1 heterocycles. The summed E-state index contributed by atoms with van der Waals surface area (Å²) in [6.07, 6.45) is 0. The average molecular weight is 254 g/mol. The van der Waals surface area contributed by atoms with Crippen molar-refractivity contribution in [2.75, 3.05) is 0 Å². The Kier molecular flexibility index (Phi) is 1.88. The summed E-state index contributed by atoms with van der Waals surface area (Å²) in [4.78, 5) is 31.6. The molecule has 1 aliphatic rings. The SMILES string of the molecule is O=C1NC(=O)C(I)C(=O)N1. The predicted octanol–water partition coefficient (Wildman–Crippen LogP) is -0.844. The molecule has 2 N–H and O–H groups in total. The van der Waals surface area contributed by atoms with Crippen molar-refractivity contribution in [1.82, 2.24) is 10.6 Å². The van der Waals surface area contributed by atoms with Crippen LogP contribution in [0.2, 0.25) is 0 Å². The molecule has 10 heavy (non-hydrogen) atoms. The fourth-order valence-corrected chi connectivity index (χ4v) is 0.812. The maximum Gasteiger partial charge on any atom is 0.328 e. The molecule has 0 aromatic rings. The van der Waals surface area contributed by atoms with Crippen molar-refractivity contribution in [1.29, 1.82) is 0 Å². The highest BCUT2D eigenvalue weighted by Gasteiger charge is 2.31. The largest absolute Gasteiger partial charge is 0.328 e. The number of rotatable bonds is 0. The third-order valence-corrected chi connectivity index (χ3v) is 2.07. The Labute approximate surface area is 69.7 Å². The number of hydrogen-bond acceptors (Lipinski definition) is 3. The van der Waals surface area contributed by atoms with Crippen molar-refractivity contribution < 1.29 is 14.4 Å². The molecular formula is C4H3IN2O3. The van der Waals surface area contributed by atoms with Crippen LogP contribution < -0.4 is 10.6 Å². The summed E-state index contributed by atoms with van der Waals surface area (Å²) in [7, 11) is 0. The van der Waals surface area contributed by atoms with Gasteiger partial charge in [-0.3, -0.25) is 20.2 Å². The molecule has 0 aromatic carbocycles. The first-order valence-corrected chi connectivity index (χ1v) is 3.65. The second kappa shape index (κ2) is 2.52. The monoisotopic (exact) mass is 254 g/mol. The van der Waals surface area contributed by atoms with Crippen molar-refractivity contribution in [3.8, 4) is 0 Å². The first-order chi connectivity index (χ1) is 4.61. The summed E-state index contributed by atoms with van der Waals surface area (Å²) in [5.41, 5.74) is 0. The van der Waals surface area contributed by atoms with Crippen LogP contribution in [-0.2, 0) is 9.59 Å². The van der Waals surface area contributed by atoms with Crippen LogP contribution in [0.5, 0.6) is 0 Å². The van der Waals surface area contributed by atoms with Crippen molar-refractivity contribution in [3.05, 3.63) is 0 Å². The summed E-state index contributed by atoms with van der Waals surface area (Å²) < 4.78 is -0.796. The highest BCUT2D eigenvalue weighted by atomic mass is 127. The van der Waals surface area contributed by atoms with Crippen molar-refractivity contribution in [2.24, 2.45) is 0 Å². The molecule has 54 valence electrons. The van der Waals surface area contributed by atoms with Crippen LogP contribution in [0.3, 0.4) is 0 Å². The Hall–Kier alpha value is -0.660. The Bertz CT molecular complexity index is 195. The minimum absolute atomic E-state index is 0.561. The smallest absolute Gasteiger partial charge is 0.276 e. The molecule has 0 bridgehead atoms. The number of nitrogens with one attached hydrogen (secondary N) is 2. The molecule has 0 atom stereocenters. The average Bonchev–Trinajstić information content (AvgIpc) is 1.82. The second-order valence-corrected chi connectivity index (χ2v) is 2.92. The molecule has 0 unspecified atom stereocenters. The van der Waals surface area contributed by atoms with Crippen LogP contribution in [0, 0.1) is 0 Å². The molecule has 0 aliphatic carbocycles. The summed E-state index contributed by atoms with van der Waals surface area (Å²) in [6, 6.07) is -0.747. The van der Waals surface area contributed by atoms with Gasteiger partial charge in [-0.1, -0.05) is 22.6 Å². The third kappa shape index (κ3) is 1.25. The lowest BCUT2D eigenvalue weighted by molar-refractivity contribution is -0.128. The number of halogens is 1. The number of hydrogen-bond donors (Lipinski definition) is 2. The lowest BCUT2D eigenvalue weighted by Crippen LogP contribution is -2.56. The molecule has 1 aliphatic heterocycles. The summed E-state index contributed by atoms with van der Waals surface area (Å²) >= 11 is 1.64. The van der Waals surface area contributed by atoms with Gasteiger partial charge in [0.25, 0.3) is 11.8 Å². The highest BCUT2D eigenvalue weighted by molar-refractivity contribution is 14.1. The number of imide groups is 2. The van der Waals surface area contributed by atoms with Crippen LogP contribution in [0.15, 0.2) is 0 Å². The second-order valence-electron chi connectivity index (χ2n) is 1.67. The van der Waals surface area contributed by atoms with Gasteiger partial charge in [0.1, 0.15) is 0 Å². The third-order valence-electron chi connectivity index (χ3n) is 0.934. The van der Waals surface area contributed by atoms with Crippen LogP contribution >= 0.6 is 22.6 Å². The first-order valence-electron chi connectivity index (χ1n) is 2.41. The summed E-state index contributed by atoms with van der Waals surface area (Å²) in [5, 5.41) is 3.88. The van der Waals surface area contributed by atoms with Gasteiger partial charge in [-0.05, 0) is 0 Å². The lowest BCUT2D eigenvalue weighted by atomic mass is 10.3. The molecule has 1 fully saturated rings. The number of urea groups is 1. The van der Waals surface area contributed by atoms with Crippen LogP contribution in [0.1, 0.15) is 0 Å². The predicted molar refractivity (Wildman–Crippen MR) is 39.5 cm³/mol. The van der Waals surface area contributed by atoms with Gasteiger partial charge in [0, 0.05) is 0 Å². The van der Waals surface area contributed by atoms with Gasteiger partial charge in [-0.15, -0.1) is 0 Å². The van der Waals surface area contributed by atoms with Gasteiger partial charge >= 0.3 is 6.03 Å². The summed E-state index contributed by atoms with van der Waals surface area (Å²) in [6.45, 7) is 0. The van der Waals surface area contributed by atoms with Crippen LogP contribution in [0.4, 0.5) is 4.79 Å². The van der Waals surface area contributed by atoms with Gasteiger partial charge in [0.15, 0.2) is 3.92 Å². The van der Waals surface area contributed by atoms with E-state index in [2.05, 4.69) is 0 Å². The van der Waals surface area contributed by atoms with E-state index in [1.807, 2.05) is 10.6 Å². The zero-order valence-corrected chi connectivity index (χ0v) is 6.84. The van der Waals surface area contributed by atoms with E-state index in [1.54, 1.807) is 22.6 Å². The maximum absolute atomic E-state index is 10.6. The van der Waals surface area contributed by atoms with E-state index in [0.717, 1.165) is 0 Å². The highest BCUT2D eigenvalue weighted by Crippen LogP contribution is 2.03. The van der Waals surface area contributed by atoms with Gasteiger partial charge in [-0.2, -0.15) is 0 Å². The molecule has 0 radical (unpaired) electrons. The molecule has 0 saturated carbocycles. The quantitative estimate of drug-likeness (QED) is 0.336. The Balaban J connectivity index is 2.76. The molecule has 1 saturated heterocycles. The topological polar surface area (TPSA) is 75.3 Å². The van der Waals surface area contributed by atoms with Gasteiger partial charge in [0.2, 0.25) is 0 Å². The van der Waals surface area contributed by atoms with Gasteiger partial charge < -0.3 is 0 Å². The fourth-order valence-electron chi connectivity index (χ4n) is 0.501. The molecule has 0 spiro atoms. The van der Waals surface area contributed by atoms with E-state index in [1.165, 1.54) is 0 Å². The molecule has 0 aromatic heterocycles. The van der Waals surface area contributed by atoms with E-state index in [9.17, 15) is 14.4 Å². The maximum atomic E-state index is 10.6. The molecule has 4 amide bonds. The van der Waals surface area contributed by atoms with E-state index in [0.29, 0.717) is 0 Å². The van der Waals surface area contributed by atoms with Gasteiger partial charge in [-0.25, -0.2) is 4.79 Å². The number of carbonyl (C=O) groups excluding carboxylic acids is 3. The molecule has 6 heteroatoms. The van der Waals surface area contributed by atoms with E-state index < -0.39 is 21.8 Å². The minimum atomic E-state index is -0.796. The minimum Gasteiger partial charge on any atom is -0.276 e. The van der Waals surface area contributed by atoms with E-state index in [-0.39, 0.29) is 0 Å². The zero-order valence-electron chi connectivity index (χ0n) is 4.68. The van der Waals surface area contributed by atoms with E-state index >= 15 is 0 Å². The normalized spacial score (nSPS) is 20.3. The van der Waals surface area contributed by atoms with Crippen molar-refractivity contribution >= 4 is 40.4 Å². The Morgan fingerprint density at radius 3 is 1.90 bits per heavy atom. The molecule has 1 rings (SSSR count). The van der Waals surface area contributed by atoms with E-state index in [4.69, 9.17) is 0 Å². The Morgan fingerprint density at radius 1 is 1.10 bits per heavy atom. The molecule has 5 nitrogen and oxygen atoms in total. The number of amides is 4.